The fraction of sp³-hybridized carbons (Fsp3) is 0.250. The first-order valence-corrected chi connectivity index (χ1v) is 10.3. The molecule has 2 aromatic rings. The molecule has 1 atom stereocenters. The quantitative estimate of drug-likeness (QED) is 0.574. The number of nitrogens with zero attached hydrogens (tertiary/aromatic N) is 2. The highest BCUT2D eigenvalue weighted by molar-refractivity contribution is 8.01. The summed E-state index contributed by atoms with van der Waals surface area (Å²) in [7, 11) is -3.86. The molecule has 0 radical (unpaired) electrons. The van der Waals surface area contributed by atoms with Crippen molar-refractivity contribution in [3.05, 3.63) is 68.7 Å². The van der Waals surface area contributed by atoms with E-state index in [9.17, 15) is 18.5 Å². The van der Waals surface area contributed by atoms with Crippen molar-refractivity contribution in [3.63, 3.8) is 0 Å². The second-order valence-electron chi connectivity index (χ2n) is 5.60. The summed E-state index contributed by atoms with van der Waals surface area (Å²) >= 11 is 7.42. The predicted molar refractivity (Wildman–Crippen MR) is 98.4 cm³/mol. The average Bonchev–Trinajstić information content (AvgIpc) is 3.06. The maximum absolute atomic E-state index is 13.1. The number of halogens is 1. The third kappa shape index (κ3) is 3.52. The SMILES string of the molecule is Cc1ccc([N+](=O)[O-])cc1S(=O)(=O)N1CCS[C@@H]1c1ccc(Cl)cc1. The van der Waals surface area contributed by atoms with Gasteiger partial charge in [-0.25, -0.2) is 8.42 Å². The van der Waals surface area contributed by atoms with Gasteiger partial charge in [-0.05, 0) is 30.2 Å². The first-order valence-electron chi connectivity index (χ1n) is 7.44. The Kier molecular flexibility index (Phi) is 5.06. The van der Waals surface area contributed by atoms with E-state index in [-0.39, 0.29) is 16.0 Å². The van der Waals surface area contributed by atoms with Gasteiger partial charge in [0, 0.05) is 29.5 Å². The van der Waals surface area contributed by atoms with Gasteiger partial charge in [0.05, 0.1) is 15.2 Å². The van der Waals surface area contributed by atoms with E-state index in [0.717, 1.165) is 11.6 Å². The Labute approximate surface area is 155 Å². The van der Waals surface area contributed by atoms with Crippen molar-refractivity contribution >= 4 is 39.1 Å². The molecule has 0 spiro atoms. The topological polar surface area (TPSA) is 80.5 Å². The lowest BCUT2D eigenvalue weighted by Gasteiger charge is -2.24. The maximum atomic E-state index is 13.1. The zero-order valence-corrected chi connectivity index (χ0v) is 15.6. The molecule has 0 aromatic heterocycles. The molecular weight excluding hydrogens is 384 g/mol. The Hall–Kier alpha value is -1.61. The summed E-state index contributed by atoms with van der Waals surface area (Å²) in [5.74, 6) is 0.653. The number of rotatable bonds is 4. The van der Waals surface area contributed by atoms with Gasteiger partial charge in [-0.2, -0.15) is 4.31 Å². The van der Waals surface area contributed by atoms with E-state index < -0.39 is 14.9 Å². The minimum Gasteiger partial charge on any atom is -0.258 e. The Bertz CT molecular complexity index is 916. The number of nitro groups is 1. The fourth-order valence-corrected chi connectivity index (χ4v) is 6.31. The zero-order valence-electron chi connectivity index (χ0n) is 13.3. The lowest BCUT2D eigenvalue weighted by atomic mass is 10.2. The van der Waals surface area contributed by atoms with Crippen molar-refractivity contribution in [3.8, 4) is 0 Å². The van der Waals surface area contributed by atoms with Crippen molar-refractivity contribution in [1.82, 2.24) is 4.31 Å². The standard InChI is InChI=1S/C16H15ClN2O4S2/c1-11-2-7-14(19(20)21)10-15(11)25(22,23)18-8-9-24-16(18)12-3-5-13(17)6-4-12/h2-7,10,16H,8-9H2,1H3/t16-/m1/s1. The molecule has 0 bridgehead atoms. The molecule has 1 heterocycles. The molecule has 2 aromatic carbocycles. The monoisotopic (exact) mass is 398 g/mol. The van der Waals surface area contributed by atoms with E-state index in [2.05, 4.69) is 0 Å². The van der Waals surface area contributed by atoms with E-state index >= 15 is 0 Å². The predicted octanol–water partition coefficient (Wildman–Crippen LogP) is 3.99. The van der Waals surface area contributed by atoms with E-state index in [0.29, 0.717) is 22.9 Å². The first kappa shape index (κ1) is 18.2. The summed E-state index contributed by atoms with van der Waals surface area (Å²) in [6, 6.07) is 10.9. The molecule has 0 saturated carbocycles. The van der Waals surface area contributed by atoms with E-state index in [1.54, 1.807) is 31.2 Å². The summed E-state index contributed by atoms with van der Waals surface area (Å²) < 4.78 is 27.7. The number of sulfonamides is 1. The molecular formula is C16H15ClN2O4S2. The van der Waals surface area contributed by atoms with Crippen LogP contribution in [0.15, 0.2) is 47.4 Å². The van der Waals surface area contributed by atoms with Gasteiger partial charge in [0.1, 0.15) is 0 Å². The Morgan fingerprint density at radius 2 is 1.92 bits per heavy atom. The van der Waals surface area contributed by atoms with Crippen LogP contribution in [-0.4, -0.2) is 29.9 Å². The lowest BCUT2D eigenvalue weighted by Crippen LogP contribution is -2.31. The Balaban J connectivity index is 2.03. The highest BCUT2D eigenvalue weighted by Gasteiger charge is 2.38. The van der Waals surface area contributed by atoms with Crippen molar-refractivity contribution in [2.24, 2.45) is 0 Å². The van der Waals surface area contributed by atoms with Gasteiger partial charge in [0.2, 0.25) is 10.0 Å². The Morgan fingerprint density at radius 3 is 2.56 bits per heavy atom. The van der Waals surface area contributed by atoms with Crippen molar-refractivity contribution in [2.45, 2.75) is 17.2 Å². The molecule has 25 heavy (non-hydrogen) atoms. The van der Waals surface area contributed by atoms with Crippen LogP contribution in [0.3, 0.4) is 0 Å². The molecule has 0 N–H and O–H groups in total. The van der Waals surface area contributed by atoms with Crippen molar-refractivity contribution < 1.29 is 13.3 Å². The van der Waals surface area contributed by atoms with Gasteiger partial charge in [-0.1, -0.05) is 29.8 Å². The summed E-state index contributed by atoms with van der Waals surface area (Å²) in [5, 5.41) is 11.2. The normalized spacial score (nSPS) is 18.4. The van der Waals surface area contributed by atoms with Crippen molar-refractivity contribution in [1.29, 1.82) is 0 Å². The van der Waals surface area contributed by atoms with Crippen LogP contribution in [0.2, 0.25) is 5.02 Å². The van der Waals surface area contributed by atoms with Crippen LogP contribution in [-0.2, 0) is 10.0 Å². The molecule has 0 aliphatic carbocycles. The van der Waals surface area contributed by atoms with Crippen LogP contribution in [0.5, 0.6) is 0 Å². The van der Waals surface area contributed by atoms with E-state index in [1.807, 2.05) is 0 Å². The van der Waals surface area contributed by atoms with Gasteiger partial charge in [-0.3, -0.25) is 10.1 Å². The smallest absolute Gasteiger partial charge is 0.258 e. The number of thioether (sulfide) groups is 1. The maximum Gasteiger partial charge on any atom is 0.270 e. The van der Waals surface area contributed by atoms with Gasteiger partial charge in [0.25, 0.3) is 5.69 Å². The van der Waals surface area contributed by atoms with Crippen LogP contribution >= 0.6 is 23.4 Å². The minimum atomic E-state index is -3.86. The minimum absolute atomic E-state index is 0.0248. The molecule has 1 saturated heterocycles. The number of benzene rings is 2. The molecule has 1 fully saturated rings. The largest absolute Gasteiger partial charge is 0.270 e. The number of non-ortho nitro benzene ring substituents is 1. The van der Waals surface area contributed by atoms with E-state index in [1.165, 1.54) is 28.2 Å². The molecule has 0 amide bonds. The third-order valence-electron chi connectivity index (χ3n) is 3.97. The lowest BCUT2D eigenvalue weighted by molar-refractivity contribution is -0.385. The van der Waals surface area contributed by atoms with Crippen molar-refractivity contribution in [2.75, 3.05) is 12.3 Å². The molecule has 9 heteroatoms. The molecule has 1 aliphatic rings. The highest BCUT2D eigenvalue weighted by atomic mass is 35.5. The summed E-state index contributed by atoms with van der Waals surface area (Å²) in [4.78, 5) is 10.4. The first-order chi connectivity index (χ1) is 11.8. The van der Waals surface area contributed by atoms with Gasteiger partial charge in [-0.15, -0.1) is 11.8 Å². The fourth-order valence-electron chi connectivity index (χ4n) is 2.70. The highest BCUT2D eigenvalue weighted by Crippen LogP contribution is 2.42. The van der Waals surface area contributed by atoms with Crippen LogP contribution < -0.4 is 0 Å². The van der Waals surface area contributed by atoms with Crippen LogP contribution in [0.4, 0.5) is 5.69 Å². The molecule has 6 nitrogen and oxygen atoms in total. The number of hydrogen-bond donors (Lipinski definition) is 0. The second-order valence-corrected chi connectivity index (χ2v) is 9.08. The number of aryl methyl sites for hydroxylation is 1. The molecule has 132 valence electrons. The molecule has 0 unspecified atom stereocenters. The van der Waals surface area contributed by atoms with Gasteiger partial charge >= 0.3 is 0 Å². The zero-order chi connectivity index (χ0) is 18.2. The summed E-state index contributed by atoms with van der Waals surface area (Å²) in [5.41, 5.74) is 1.08. The summed E-state index contributed by atoms with van der Waals surface area (Å²) in [6.07, 6.45) is 0. The number of hydrogen-bond acceptors (Lipinski definition) is 5. The summed E-state index contributed by atoms with van der Waals surface area (Å²) in [6.45, 7) is 1.99. The van der Waals surface area contributed by atoms with Crippen LogP contribution in [0.1, 0.15) is 16.5 Å². The van der Waals surface area contributed by atoms with Gasteiger partial charge in [0.15, 0.2) is 0 Å². The number of nitro benzene ring substituents is 1. The van der Waals surface area contributed by atoms with Crippen LogP contribution in [0, 0.1) is 17.0 Å². The molecule has 3 rings (SSSR count). The van der Waals surface area contributed by atoms with Crippen LogP contribution in [0.25, 0.3) is 0 Å². The van der Waals surface area contributed by atoms with E-state index in [4.69, 9.17) is 11.6 Å². The second kappa shape index (κ2) is 6.95. The average molecular weight is 399 g/mol. The van der Waals surface area contributed by atoms with Gasteiger partial charge < -0.3 is 0 Å². The third-order valence-corrected chi connectivity index (χ3v) is 7.63. The Morgan fingerprint density at radius 1 is 1.24 bits per heavy atom. The molecule has 1 aliphatic heterocycles.